The minimum Gasteiger partial charge on any atom is -0.357 e. The molecule has 0 spiro atoms. The number of benzene rings is 1. The Morgan fingerprint density at radius 1 is 1.17 bits per heavy atom. The molecule has 1 heterocycles. The number of hydrogen-bond acceptors (Lipinski definition) is 2. The van der Waals surface area contributed by atoms with Crippen LogP contribution in [0.1, 0.15) is 24.5 Å². The molecule has 1 N–H and O–H groups in total. The molecule has 1 saturated heterocycles. The second-order valence-electron chi connectivity index (χ2n) is 7.25. The highest BCUT2D eigenvalue weighted by atomic mass is 19.4. The molecule has 1 atom stereocenters. The molecule has 0 amide bonds. The van der Waals surface area contributed by atoms with Gasteiger partial charge < -0.3 is 10.2 Å². The summed E-state index contributed by atoms with van der Waals surface area (Å²) >= 11 is 0. The fraction of sp³-hybridized carbons (Fsp3) is 0.632. The van der Waals surface area contributed by atoms with Crippen LogP contribution in [0.4, 0.5) is 26.3 Å². The lowest BCUT2D eigenvalue weighted by Gasteiger charge is -2.23. The Bertz CT molecular complexity index is 669. The van der Waals surface area contributed by atoms with E-state index < -0.39 is 24.5 Å². The van der Waals surface area contributed by atoms with Crippen molar-refractivity contribution in [3.63, 3.8) is 0 Å². The van der Waals surface area contributed by atoms with E-state index in [9.17, 15) is 26.3 Å². The standard InChI is InChI=1S/C19H26F6N4/c1-3-26-17(27-10-15-8-9-29(12-15)13-18(20,21)22)28(2)11-14-4-6-16(7-5-14)19(23,24)25/h4-7,15H,3,8-13H2,1-2H3,(H,26,27). The Morgan fingerprint density at radius 2 is 1.83 bits per heavy atom. The molecule has 164 valence electrons. The zero-order chi connectivity index (χ0) is 21.7. The number of alkyl halides is 6. The molecule has 29 heavy (non-hydrogen) atoms. The van der Waals surface area contributed by atoms with Gasteiger partial charge in [-0.25, -0.2) is 0 Å². The molecule has 1 fully saturated rings. The second kappa shape index (κ2) is 9.69. The smallest absolute Gasteiger partial charge is 0.357 e. The van der Waals surface area contributed by atoms with Gasteiger partial charge in [0.15, 0.2) is 5.96 Å². The van der Waals surface area contributed by atoms with Gasteiger partial charge in [0.05, 0.1) is 12.1 Å². The van der Waals surface area contributed by atoms with Gasteiger partial charge in [-0.15, -0.1) is 0 Å². The SMILES string of the molecule is CCNC(=NCC1CCN(CC(F)(F)F)C1)N(C)Cc1ccc(C(F)(F)F)cc1. The maximum absolute atomic E-state index is 12.7. The van der Waals surface area contributed by atoms with Gasteiger partial charge in [-0.2, -0.15) is 26.3 Å². The van der Waals surface area contributed by atoms with E-state index in [0.29, 0.717) is 50.7 Å². The van der Waals surface area contributed by atoms with Gasteiger partial charge in [0.1, 0.15) is 0 Å². The van der Waals surface area contributed by atoms with Crippen molar-refractivity contribution in [1.29, 1.82) is 0 Å². The molecule has 1 aliphatic heterocycles. The van der Waals surface area contributed by atoms with Crippen molar-refractivity contribution in [3.8, 4) is 0 Å². The number of guanidine groups is 1. The van der Waals surface area contributed by atoms with Crippen LogP contribution in [0.15, 0.2) is 29.3 Å². The zero-order valence-electron chi connectivity index (χ0n) is 16.4. The number of rotatable bonds is 6. The van der Waals surface area contributed by atoms with Gasteiger partial charge in [0, 0.05) is 33.2 Å². The molecule has 4 nitrogen and oxygen atoms in total. The summed E-state index contributed by atoms with van der Waals surface area (Å²) in [6.45, 7) is 3.09. The number of nitrogens with zero attached hydrogens (tertiary/aromatic N) is 3. The van der Waals surface area contributed by atoms with Crippen molar-refractivity contribution in [1.82, 2.24) is 15.1 Å². The predicted octanol–water partition coefficient (Wildman–Crippen LogP) is 3.99. The third-order valence-corrected chi connectivity index (χ3v) is 4.67. The maximum Gasteiger partial charge on any atom is 0.416 e. The molecule has 2 rings (SSSR count). The summed E-state index contributed by atoms with van der Waals surface area (Å²) in [5, 5.41) is 3.11. The van der Waals surface area contributed by atoms with Crippen molar-refractivity contribution in [3.05, 3.63) is 35.4 Å². The van der Waals surface area contributed by atoms with Crippen LogP contribution in [0.5, 0.6) is 0 Å². The average Bonchev–Trinajstić information content (AvgIpc) is 3.03. The van der Waals surface area contributed by atoms with Crippen LogP contribution in [-0.4, -0.2) is 61.7 Å². The van der Waals surface area contributed by atoms with Gasteiger partial charge in [-0.3, -0.25) is 9.89 Å². The largest absolute Gasteiger partial charge is 0.416 e. The van der Waals surface area contributed by atoms with Crippen molar-refractivity contribution in [2.24, 2.45) is 10.9 Å². The lowest BCUT2D eigenvalue weighted by atomic mass is 10.1. The summed E-state index contributed by atoms with van der Waals surface area (Å²) in [7, 11) is 1.77. The van der Waals surface area contributed by atoms with E-state index >= 15 is 0 Å². The molecular formula is C19H26F6N4. The molecule has 1 aromatic rings. The summed E-state index contributed by atoms with van der Waals surface area (Å²) < 4.78 is 75.5. The number of nitrogens with one attached hydrogen (secondary N) is 1. The molecular weight excluding hydrogens is 398 g/mol. The Labute approximate surface area is 166 Å². The molecule has 0 saturated carbocycles. The van der Waals surface area contributed by atoms with E-state index in [1.165, 1.54) is 17.0 Å². The molecule has 10 heteroatoms. The molecule has 1 aromatic carbocycles. The number of halogens is 6. The predicted molar refractivity (Wildman–Crippen MR) is 99.5 cm³/mol. The Balaban J connectivity index is 1.94. The Kier molecular flexibility index (Phi) is 7.79. The molecule has 0 aliphatic carbocycles. The van der Waals surface area contributed by atoms with Crippen molar-refractivity contribution >= 4 is 5.96 Å². The van der Waals surface area contributed by atoms with E-state index in [-0.39, 0.29) is 5.92 Å². The first-order valence-corrected chi connectivity index (χ1v) is 9.42. The maximum atomic E-state index is 12.7. The average molecular weight is 424 g/mol. The van der Waals surface area contributed by atoms with Gasteiger partial charge >= 0.3 is 12.4 Å². The van der Waals surface area contributed by atoms with E-state index in [1.807, 2.05) is 6.92 Å². The zero-order valence-corrected chi connectivity index (χ0v) is 16.4. The van der Waals surface area contributed by atoms with Crippen LogP contribution in [-0.2, 0) is 12.7 Å². The molecule has 0 bridgehead atoms. The van der Waals surface area contributed by atoms with Crippen molar-refractivity contribution < 1.29 is 26.3 Å². The summed E-state index contributed by atoms with van der Waals surface area (Å²) in [6.07, 6.45) is -7.92. The highest BCUT2D eigenvalue weighted by Crippen LogP contribution is 2.29. The minimum atomic E-state index is -4.37. The van der Waals surface area contributed by atoms with Crippen LogP contribution < -0.4 is 5.32 Å². The molecule has 0 aromatic heterocycles. The summed E-state index contributed by atoms with van der Waals surface area (Å²) in [4.78, 5) is 7.70. The van der Waals surface area contributed by atoms with Gasteiger partial charge in [-0.05, 0) is 43.5 Å². The minimum absolute atomic E-state index is 0.0467. The second-order valence-corrected chi connectivity index (χ2v) is 7.25. The fourth-order valence-corrected chi connectivity index (χ4v) is 3.29. The summed E-state index contributed by atoms with van der Waals surface area (Å²) in [6, 6.07) is 4.94. The number of aliphatic imine (C=N–C) groups is 1. The molecule has 0 radical (unpaired) electrons. The molecule has 1 aliphatic rings. The lowest BCUT2D eigenvalue weighted by molar-refractivity contribution is -0.143. The van der Waals surface area contributed by atoms with Crippen LogP contribution in [0, 0.1) is 5.92 Å². The van der Waals surface area contributed by atoms with E-state index in [4.69, 9.17) is 0 Å². The number of likely N-dealkylation sites (tertiary alicyclic amines) is 1. The van der Waals surface area contributed by atoms with Crippen molar-refractivity contribution in [2.75, 3.05) is 39.8 Å². The number of hydrogen-bond donors (Lipinski definition) is 1. The highest BCUT2D eigenvalue weighted by molar-refractivity contribution is 5.79. The summed E-state index contributed by atoms with van der Waals surface area (Å²) in [5.41, 5.74) is -0.00237. The Morgan fingerprint density at radius 3 is 2.38 bits per heavy atom. The Hall–Kier alpha value is -1.97. The van der Waals surface area contributed by atoms with Crippen LogP contribution in [0.25, 0.3) is 0 Å². The normalized spacial score (nSPS) is 18.9. The van der Waals surface area contributed by atoms with Crippen molar-refractivity contribution in [2.45, 2.75) is 32.2 Å². The van der Waals surface area contributed by atoms with E-state index in [1.54, 1.807) is 11.9 Å². The van der Waals surface area contributed by atoms with Gasteiger partial charge in [0.25, 0.3) is 0 Å². The van der Waals surface area contributed by atoms with Crippen LogP contribution in [0.3, 0.4) is 0 Å². The fourth-order valence-electron chi connectivity index (χ4n) is 3.29. The first kappa shape index (κ1) is 23.3. The third-order valence-electron chi connectivity index (χ3n) is 4.67. The van der Waals surface area contributed by atoms with Gasteiger partial charge in [-0.1, -0.05) is 12.1 Å². The quantitative estimate of drug-likeness (QED) is 0.426. The summed E-state index contributed by atoms with van der Waals surface area (Å²) in [5.74, 6) is 0.618. The third kappa shape index (κ3) is 7.75. The first-order valence-electron chi connectivity index (χ1n) is 9.42. The van der Waals surface area contributed by atoms with Gasteiger partial charge in [0.2, 0.25) is 0 Å². The van der Waals surface area contributed by atoms with Crippen LogP contribution in [0.2, 0.25) is 0 Å². The van der Waals surface area contributed by atoms with E-state index in [2.05, 4.69) is 10.3 Å². The monoisotopic (exact) mass is 424 g/mol. The first-order chi connectivity index (χ1) is 13.5. The topological polar surface area (TPSA) is 30.9 Å². The highest BCUT2D eigenvalue weighted by Gasteiger charge is 2.34. The van der Waals surface area contributed by atoms with Crippen LogP contribution >= 0.6 is 0 Å². The molecule has 1 unspecified atom stereocenters. The van der Waals surface area contributed by atoms with E-state index in [0.717, 1.165) is 12.1 Å². The lowest BCUT2D eigenvalue weighted by Crippen LogP contribution is -2.39.